The lowest BCUT2D eigenvalue weighted by molar-refractivity contribution is 0.157. The Morgan fingerprint density at radius 1 is 1.00 bits per heavy atom. The van der Waals surface area contributed by atoms with Crippen molar-refractivity contribution >= 4 is 0 Å². The summed E-state index contributed by atoms with van der Waals surface area (Å²) in [4.78, 5) is 0. The fourth-order valence-corrected chi connectivity index (χ4v) is 2.79. The Labute approximate surface area is 128 Å². The van der Waals surface area contributed by atoms with E-state index in [0.29, 0.717) is 22.8 Å². The standard InChI is InChI=1S/C17H18O5/c1-20-10-3-5-15(19)13(8-10)17-14(9-18)12-7-11(21-2)4-6-16(12)22-17/h3-8,14,17-19H,9H2,1-2H3/t14-,17+/m0/s1. The molecule has 1 aliphatic rings. The Morgan fingerprint density at radius 2 is 1.64 bits per heavy atom. The van der Waals surface area contributed by atoms with E-state index >= 15 is 0 Å². The predicted molar refractivity (Wildman–Crippen MR) is 80.8 cm³/mol. The molecule has 0 amide bonds. The van der Waals surface area contributed by atoms with Gasteiger partial charge in [0, 0.05) is 11.1 Å². The summed E-state index contributed by atoms with van der Waals surface area (Å²) in [5.74, 6) is 1.86. The number of benzene rings is 2. The molecule has 0 aromatic heterocycles. The molecule has 1 heterocycles. The van der Waals surface area contributed by atoms with Gasteiger partial charge >= 0.3 is 0 Å². The van der Waals surface area contributed by atoms with Crippen molar-refractivity contribution in [2.75, 3.05) is 20.8 Å². The molecule has 3 rings (SSSR count). The highest BCUT2D eigenvalue weighted by atomic mass is 16.5. The smallest absolute Gasteiger partial charge is 0.137 e. The van der Waals surface area contributed by atoms with Crippen LogP contribution in [-0.4, -0.2) is 31.0 Å². The average Bonchev–Trinajstić information content (AvgIpc) is 2.92. The molecule has 22 heavy (non-hydrogen) atoms. The number of rotatable bonds is 4. The van der Waals surface area contributed by atoms with Gasteiger partial charge in [0.15, 0.2) is 0 Å². The number of aliphatic hydroxyl groups excluding tert-OH is 1. The highest BCUT2D eigenvalue weighted by molar-refractivity contribution is 5.50. The topological polar surface area (TPSA) is 68.2 Å². The van der Waals surface area contributed by atoms with E-state index < -0.39 is 6.10 Å². The zero-order valence-corrected chi connectivity index (χ0v) is 12.4. The molecule has 2 atom stereocenters. The summed E-state index contributed by atoms with van der Waals surface area (Å²) >= 11 is 0. The number of methoxy groups -OCH3 is 2. The number of ether oxygens (including phenoxy) is 3. The van der Waals surface area contributed by atoms with Gasteiger partial charge in [0.1, 0.15) is 29.1 Å². The molecule has 0 spiro atoms. The minimum atomic E-state index is -0.470. The van der Waals surface area contributed by atoms with Crippen molar-refractivity contribution in [1.29, 1.82) is 0 Å². The summed E-state index contributed by atoms with van der Waals surface area (Å²) in [6.07, 6.45) is -0.470. The van der Waals surface area contributed by atoms with E-state index in [1.165, 1.54) is 0 Å². The van der Waals surface area contributed by atoms with Crippen LogP contribution in [0.15, 0.2) is 36.4 Å². The molecule has 2 aromatic carbocycles. The van der Waals surface area contributed by atoms with Crippen LogP contribution in [0.1, 0.15) is 23.1 Å². The number of phenols is 1. The lowest BCUT2D eigenvalue weighted by Crippen LogP contribution is -2.13. The van der Waals surface area contributed by atoms with Crippen LogP contribution in [0, 0.1) is 0 Å². The first kappa shape index (κ1) is 14.5. The fraction of sp³-hybridized carbons (Fsp3) is 0.294. The quantitative estimate of drug-likeness (QED) is 0.908. The van der Waals surface area contributed by atoms with Crippen molar-refractivity contribution in [1.82, 2.24) is 0 Å². The van der Waals surface area contributed by atoms with E-state index in [4.69, 9.17) is 14.2 Å². The molecule has 1 aliphatic heterocycles. The van der Waals surface area contributed by atoms with Crippen LogP contribution in [0.25, 0.3) is 0 Å². The molecule has 0 fully saturated rings. The zero-order chi connectivity index (χ0) is 15.7. The number of fused-ring (bicyclic) bond motifs is 1. The molecule has 116 valence electrons. The second-order valence-electron chi connectivity index (χ2n) is 5.16. The third-order valence-electron chi connectivity index (χ3n) is 3.97. The van der Waals surface area contributed by atoms with Crippen LogP contribution >= 0.6 is 0 Å². The summed E-state index contributed by atoms with van der Waals surface area (Å²) in [6.45, 7) is -0.0957. The first-order valence-corrected chi connectivity index (χ1v) is 7.00. The number of phenolic OH excluding ortho intramolecular Hbond substituents is 1. The molecular weight excluding hydrogens is 284 g/mol. The van der Waals surface area contributed by atoms with E-state index in [0.717, 1.165) is 5.56 Å². The van der Waals surface area contributed by atoms with Crippen LogP contribution in [0.2, 0.25) is 0 Å². The Hall–Kier alpha value is -2.40. The third kappa shape index (κ3) is 2.33. The van der Waals surface area contributed by atoms with E-state index in [9.17, 15) is 10.2 Å². The minimum absolute atomic E-state index is 0.0957. The van der Waals surface area contributed by atoms with Crippen molar-refractivity contribution in [3.8, 4) is 23.0 Å². The molecule has 5 nitrogen and oxygen atoms in total. The summed E-state index contributed by atoms with van der Waals surface area (Å²) in [7, 11) is 3.16. The first-order valence-electron chi connectivity index (χ1n) is 7.00. The summed E-state index contributed by atoms with van der Waals surface area (Å²) in [5, 5.41) is 19.9. The van der Waals surface area contributed by atoms with E-state index in [-0.39, 0.29) is 18.3 Å². The zero-order valence-electron chi connectivity index (χ0n) is 12.4. The predicted octanol–water partition coefficient (Wildman–Crippen LogP) is 2.62. The van der Waals surface area contributed by atoms with Gasteiger partial charge in [-0.3, -0.25) is 0 Å². The lowest BCUT2D eigenvalue weighted by Gasteiger charge is -2.19. The van der Waals surface area contributed by atoms with Gasteiger partial charge < -0.3 is 24.4 Å². The van der Waals surface area contributed by atoms with Gasteiger partial charge in [-0.15, -0.1) is 0 Å². The van der Waals surface area contributed by atoms with Gasteiger partial charge in [-0.2, -0.15) is 0 Å². The number of hydrogen-bond acceptors (Lipinski definition) is 5. The van der Waals surface area contributed by atoms with Gasteiger partial charge in [-0.25, -0.2) is 0 Å². The van der Waals surface area contributed by atoms with Crippen LogP contribution in [0.4, 0.5) is 0 Å². The maximum atomic E-state index is 10.1. The second kappa shape index (κ2) is 5.77. The van der Waals surface area contributed by atoms with Gasteiger partial charge in [-0.05, 0) is 36.4 Å². The highest BCUT2D eigenvalue weighted by Crippen LogP contribution is 2.49. The normalized spacial score (nSPS) is 19.4. The Morgan fingerprint density at radius 3 is 2.27 bits per heavy atom. The number of aromatic hydroxyl groups is 1. The number of hydrogen-bond donors (Lipinski definition) is 2. The fourth-order valence-electron chi connectivity index (χ4n) is 2.79. The van der Waals surface area contributed by atoms with Crippen LogP contribution in [-0.2, 0) is 0 Å². The number of aliphatic hydroxyl groups is 1. The first-order chi connectivity index (χ1) is 10.7. The van der Waals surface area contributed by atoms with Crippen molar-refractivity contribution in [2.24, 2.45) is 0 Å². The maximum absolute atomic E-state index is 10.1. The molecule has 0 bridgehead atoms. The minimum Gasteiger partial charge on any atom is -0.508 e. The maximum Gasteiger partial charge on any atom is 0.137 e. The van der Waals surface area contributed by atoms with Gasteiger partial charge in [0.05, 0.1) is 26.7 Å². The van der Waals surface area contributed by atoms with E-state index in [1.807, 2.05) is 12.1 Å². The van der Waals surface area contributed by atoms with Gasteiger partial charge in [-0.1, -0.05) is 0 Å². The third-order valence-corrected chi connectivity index (χ3v) is 3.97. The molecular formula is C17H18O5. The van der Waals surface area contributed by atoms with Gasteiger partial charge in [0.25, 0.3) is 0 Å². The van der Waals surface area contributed by atoms with Crippen molar-refractivity contribution < 1.29 is 24.4 Å². The molecule has 2 N–H and O–H groups in total. The summed E-state index contributed by atoms with van der Waals surface area (Å²) in [6, 6.07) is 10.4. The lowest BCUT2D eigenvalue weighted by atomic mass is 9.91. The molecule has 2 aromatic rings. The Kier molecular flexibility index (Phi) is 3.81. The Balaban J connectivity index is 2.03. The van der Waals surface area contributed by atoms with Crippen LogP contribution in [0.5, 0.6) is 23.0 Å². The largest absolute Gasteiger partial charge is 0.508 e. The molecule has 0 unspecified atom stereocenters. The monoisotopic (exact) mass is 302 g/mol. The summed E-state index contributed by atoms with van der Waals surface area (Å²) in [5.41, 5.74) is 1.46. The summed E-state index contributed by atoms with van der Waals surface area (Å²) < 4.78 is 16.4. The van der Waals surface area contributed by atoms with Gasteiger partial charge in [0.2, 0.25) is 0 Å². The van der Waals surface area contributed by atoms with E-state index in [2.05, 4.69) is 0 Å². The van der Waals surface area contributed by atoms with Crippen LogP contribution in [0.3, 0.4) is 0 Å². The van der Waals surface area contributed by atoms with Crippen LogP contribution < -0.4 is 14.2 Å². The van der Waals surface area contributed by atoms with Crippen molar-refractivity contribution in [3.05, 3.63) is 47.5 Å². The molecule has 0 radical (unpaired) electrons. The average molecular weight is 302 g/mol. The SMILES string of the molecule is COc1ccc(O)c([C@H]2Oc3ccc(OC)cc3[C@@H]2CO)c1. The van der Waals surface area contributed by atoms with Crippen molar-refractivity contribution in [2.45, 2.75) is 12.0 Å². The Bertz CT molecular complexity index is 683. The highest BCUT2D eigenvalue weighted by Gasteiger charge is 2.37. The molecule has 0 saturated heterocycles. The molecule has 5 heteroatoms. The molecule has 0 aliphatic carbocycles. The molecule has 0 saturated carbocycles. The van der Waals surface area contributed by atoms with E-state index in [1.54, 1.807) is 38.5 Å². The second-order valence-corrected chi connectivity index (χ2v) is 5.16. The van der Waals surface area contributed by atoms with Crippen molar-refractivity contribution in [3.63, 3.8) is 0 Å².